The Morgan fingerprint density at radius 2 is 2.09 bits per heavy atom. The molecular formula is C17H23N3O2. The van der Waals surface area contributed by atoms with Gasteiger partial charge in [-0.2, -0.15) is 5.26 Å². The normalized spacial score (nSPS) is 18.5. The number of carbonyl (C=O) groups excluding carboxylic acids is 1. The molecule has 1 aliphatic heterocycles. The number of nitrogens with one attached hydrogen (secondary N) is 1. The summed E-state index contributed by atoms with van der Waals surface area (Å²) < 4.78 is 0. The second-order valence-corrected chi connectivity index (χ2v) is 5.81. The summed E-state index contributed by atoms with van der Waals surface area (Å²) in [7, 11) is 0. The van der Waals surface area contributed by atoms with Crippen molar-refractivity contribution in [2.75, 3.05) is 25.0 Å². The van der Waals surface area contributed by atoms with Gasteiger partial charge in [-0.15, -0.1) is 0 Å². The molecule has 22 heavy (non-hydrogen) atoms. The van der Waals surface area contributed by atoms with Gasteiger partial charge in [0.15, 0.2) is 0 Å². The van der Waals surface area contributed by atoms with Gasteiger partial charge in [-0.25, -0.2) is 0 Å². The summed E-state index contributed by atoms with van der Waals surface area (Å²) in [5.41, 5.74) is 2.43. The van der Waals surface area contributed by atoms with Crippen LogP contribution in [0.4, 0.5) is 5.69 Å². The molecule has 1 aromatic carbocycles. The molecule has 0 saturated carbocycles. The van der Waals surface area contributed by atoms with E-state index in [-0.39, 0.29) is 18.6 Å². The molecule has 0 saturated heterocycles. The number of hydrogen-bond donors (Lipinski definition) is 2. The van der Waals surface area contributed by atoms with Gasteiger partial charge in [0.1, 0.15) is 0 Å². The zero-order chi connectivity index (χ0) is 15.9. The van der Waals surface area contributed by atoms with Crippen molar-refractivity contribution in [2.24, 2.45) is 0 Å². The van der Waals surface area contributed by atoms with E-state index in [4.69, 9.17) is 5.26 Å². The van der Waals surface area contributed by atoms with Crippen LogP contribution in [0.2, 0.25) is 0 Å². The highest BCUT2D eigenvalue weighted by atomic mass is 16.3. The van der Waals surface area contributed by atoms with Crippen molar-refractivity contribution in [2.45, 2.75) is 38.6 Å². The highest BCUT2D eigenvalue weighted by molar-refractivity contribution is 5.91. The van der Waals surface area contributed by atoms with Gasteiger partial charge < -0.3 is 10.4 Å². The van der Waals surface area contributed by atoms with Crippen LogP contribution in [-0.4, -0.2) is 41.7 Å². The minimum absolute atomic E-state index is 0.00413. The SMILES string of the molecule is C[C@@H](CO)N1CCCC(=O)Nc2ccc(C#N)cc2CCC1. The maximum absolute atomic E-state index is 12.0. The van der Waals surface area contributed by atoms with Gasteiger partial charge in [-0.3, -0.25) is 9.69 Å². The van der Waals surface area contributed by atoms with E-state index in [1.165, 1.54) is 0 Å². The van der Waals surface area contributed by atoms with E-state index in [2.05, 4.69) is 16.3 Å². The minimum atomic E-state index is 0.00413. The third-order valence-electron chi connectivity index (χ3n) is 4.14. The topological polar surface area (TPSA) is 76.4 Å². The number of aryl methyl sites for hydroxylation is 1. The van der Waals surface area contributed by atoms with Crippen molar-refractivity contribution >= 4 is 11.6 Å². The zero-order valence-electron chi connectivity index (χ0n) is 13.0. The first kappa shape index (κ1) is 16.5. The summed E-state index contributed by atoms with van der Waals surface area (Å²) in [5, 5.41) is 21.3. The Labute approximate surface area is 131 Å². The van der Waals surface area contributed by atoms with Crippen LogP contribution in [0.3, 0.4) is 0 Å². The number of rotatable bonds is 2. The molecule has 0 fully saturated rings. The lowest BCUT2D eigenvalue weighted by atomic mass is 10.0. The Morgan fingerprint density at radius 1 is 1.36 bits per heavy atom. The molecule has 0 unspecified atom stereocenters. The maximum Gasteiger partial charge on any atom is 0.224 e. The summed E-state index contributed by atoms with van der Waals surface area (Å²) in [5.74, 6) is 0.00413. The van der Waals surface area contributed by atoms with Crippen molar-refractivity contribution in [1.29, 1.82) is 5.26 Å². The number of amides is 1. The number of nitriles is 1. The van der Waals surface area contributed by atoms with Gasteiger partial charge in [-0.05, 0) is 63.0 Å². The van der Waals surface area contributed by atoms with Crippen LogP contribution < -0.4 is 5.32 Å². The quantitative estimate of drug-likeness (QED) is 0.875. The lowest BCUT2D eigenvalue weighted by molar-refractivity contribution is -0.116. The van der Waals surface area contributed by atoms with Crippen molar-refractivity contribution < 1.29 is 9.90 Å². The monoisotopic (exact) mass is 301 g/mol. The molecule has 2 rings (SSSR count). The Hall–Kier alpha value is -1.90. The van der Waals surface area contributed by atoms with E-state index in [1.54, 1.807) is 6.07 Å². The molecule has 5 heteroatoms. The van der Waals surface area contributed by atoms with Crippen molar-refractivity contribution in [3.05, 3.63) is 29.3 Å². The number of aliphatic hydroxyl groups excluding tert-OH is 1. The molecule has 5 nitrogen and oxygen atoms in total. The summed E-state index contributed by atoms with van der Waals surface area (Å²) in [6.45, 7) is 3.82. The van der Waals surface area contributed by atoms with Crippen LogP contribution in [0, 0.1) is 11.3 Å². The third kappa shape index (κ3) is 4.30. The average Bonchev–Trinajstić information content (AvgIpc) is 2.56. The Kier molecular flexibility index (Phi) is 5.93. The first-order chi connectivity index (χ1) is 10.6. The predicted molar refractivity (Wildman–Crippen MR) is 85.5 cm³/mol. The van der Waals surface area contributed by atoms with Gasteiger partial charge in [0.25, 0.3) is 0 Å². The average molecular weight is 301 g/mol. The number of carbonyl (C=O) groups is 1. The minimum Gasteiger partial charge on any atom is -0.395 e. The fraction of sp³-hybridized carbons (Fsp3) is 0.529. The molecule has 2 N–H and O–H groups in total. The summed E-state index contributed by atoms with van der Waals surface area (Å²) in [6.07, 6.45) is 2.98. The van der Waals surface area contributed by atoms with E-state index in [0.29, 0.717) is 12.0 Å². The number of aliphatic hydroxyl groups is 1. The molecule has 0 bridgehead atoms. The second kappa shape index (κ2) is 7.92. The number of benzene rings is 1. The van der Waals surface area contributed by atoms with Gasteiger partial charge >= 0.3 is 0 Å². The molecule has 1 amide bonds. The first-order valence-electron chi connectivity index (χ1n) is 7.82. The van der Waals surface area contributed by atoms with Gasteiger partial charge in [0.05, 0.1) is 18.2 Å². The van der Waals surface area contributed by atoms with E-state index in [0.717, 1.165) is 43.6 Å². The van der Waals surface area contributed by atoms with Crippen molar-refractivity contribution in [1.82, 2.24) is 4.90 Å². The van der Waals surface area contributed by atoms with E-state index < -0.39 is 0 Å². The van der Waals surface area contributed by atoms with Crippen LogP contribution in [-0.2, 0) is 11.2 Å². The molecule has 1 atom stereocenters. The molecule has 0 aromatic heterocycles. The number of nitrogens with zero attached hydrogens (tertiary/aromatic N) is 2. The van der Waals surface area contributed by atoms with Crippen LogP contribution in [0.5, 0.6) is 0 Å². The first-order valence-corrected chi connectivity index (χ1v) is 7.82. The van der Waals surface area contributed by atoms with Gasteiger partial charge in [0.2, 0.25) is 5.91 Å². The van der Waals surface area contributed by atoms with Crippen LogP contribution in [0.25, 0.3) is 0 Å². The molecule has 1 aromatic rings. The molecule has 1 aliphatic rings. The maximum atomic E-state index is 12.0. The highest BCUT2D eigenvalue weighted by Gasteiger charge is 2.16. The van der Waals surface area contributed by atoms with E-state index >= 15 is 0 Å². The fourth-order valence-corrected chi connectivity index (χ4v) is 2.79. The summed E-state index contributed by atoms with van der Waals surface area (Å²) >= 11 is 0. The number of anilines is 1. The van der Waals surface area contributed by atoms with Crippen LogP contribution in [0.15, 0.2) is 18.2 Å². The molecule has 1 heterocycles. The largest absolute Gasteiger partial charge is 0.395 e. The second-order valence-electron chi connectivity index (χ2n) is 5.81. The molecule has 0 radical (unpaired) electrons. The molecule has 0 spiro atoms. The van der Waals surface area contributed by atoms with E-state index in [1.807, 2.05) is 19.1 Å². The standard InChI is InChI=1S/C17H23N3O2/c1-13(12-21)20-8-2-4-15-10-14(11-18)6-7-16(15)19-17(22)5-3-9-20/h6-7,10,13,21H,2-5,8-9,12H2,1H3,(H,19,22)/t13-/m0/s1. The molecule has 0 aliphatic carbocycles. The Bertz CT molecular complexity index is 566. The lowest BCUT2D eigenvalue weighted by Gasteiger charge is -2.27. The number of fused-ring (bicyclic) bond motifs is 1. The smallest absolute Gasteiger partial charge is 0.224 e. The molecular weight excluding hydrogens is 278 g/mol. The lowest BCUT2D eigenvalue weighted by Crippen LogP contribution is -2.37. The number of hydrogen-bond acceptors (Lipinski definition) is 4. The predicted octanol–water partition coefficient (Wildman–Crippen LogP) is 1.91. The van der Waals surface area contributed by atoms with Crippen molar-refractivity contribution in [3.63, 3.8) is 0 Å². The Balaban J connectivity index is 2.19. The van der Waals surface area contributed by atoms with Crippen LogP contribution >= 0.6 is 0 Å². The van der Waals surface area contributed by atoms with Gasteiger partial charge in [0, 0.05) is 18.2 Å². The molecule has 118 valence electrons. The fourth-order valence-electron chi connectivity index (χ4n) is 2.79. The highest BCUT2D eigenvalue weighted by Crippen LogP contribution is 2.21. The summed E-state index contributed by atoms with van der Waals surface area (Å²) in [4.78, 5) is 14.3. The van der Waals surface area contributed by atoms with E-state index in [9.17, 15) is 9.90 Å². The Morgan fingerprint density at radius 3 is 2.77 bits per heavy atom. The third-order valence-corrected chi connectivity index (χ3v) is 4.14. The zero-order valence-corrected chi connectivity index (χ0v) is 13.0. The van der Waals surface area contributed by atoms with Crippen molar-refractivity contribution in [3.8, 4) is 6.07 Å². The summed E-state index contributed by atoms with van der Waals surface area (Å²) in [6, 6.07) is 7.66. The van der Waals surface area contributed by atoms with Gasteiger partial charge in [-0.1, -0.05) is 0 Å². The van der Waals surface area contributed by atoms with Crippen LogP contribution in [0.1, 0.15) is 37.3 Å².